The Morgan fingerprint density at radius 1 is 1.44 bits per heavy atom. The van der Waals surface area contributed by atoms with Crippen molar-refractivity contribution >= 4 is 39.0 Å². The van der Waals surface area contributed by atoms with Crippen molar-refractivity contribution in [1.82, 2.24) is 10.4 Å². The van der Waals surface area contributed by atoms with Gasteiger partial charge in [-0.15, -0.1) is 23.1 Å². The van der Waals surface area contributed by atoms with E-state index in [4.69, 9.17) is 5.84 Å². The van der Waals surface area contributed by atoms with E-state index in [1.165, 1.54) is 4.90 Å². The Morgan fingerprint density at radius 3 is 2.94 bits per heavy atom. The summed E-state index contributed by atoms with van der Waals surface area (Å²) in [6.45, 7) is 0. The van der Waals surface area contributed by atoms with Crippen molar-refractivity contribution in [2.45, 2.75) is 17.4 Å². The van der Waals surface area contributed by atoms with Gasteiger partial charge in [-0.1, -0.05) is 12.1 Å². The van der Waals surface area contributed by atoms with Crippen LogP contribution in [0.15, 0.2) is 45.2 Å². The van der Waals surface area contributed by atoms with Crippen LogP contribution in [0.4, 0.5) is 0 Å². The lowest BCUT2D eigenvalue weighted by molar-refractivity contribution is 0.574. The fourth-order valence-corrected chi connectivity index (χ4v) is 3.78. The number of thiazole rings is 1. The molecule has 0 fully saturated rings. The summed E-state index contributed by atoms with van der Waals surface area (Å²) in [7, 11) is 0. The predicted octanol–water partition coefficient (Wildman–Crippen LogP) is 3.07. The molecule has 0 aliphatic heterocycles. The average molecular weight is 344 g/mol. The number of aromatic nitrogens is 1. The molecule has 0 bridgehead atoms. The number of benzene rings is 1. The van der Waals surface area contributed by atoms with Crippen LogP contribution in [0.3, 0.4) is 0 Å². The van der Waals surface area contributed by atoms with Crippen LogP contribution in [0, 0.1) is 0 Å². The fraction of sp³-hybridized carbons (Fsp3) is 0.250. The third-order valence-electron chi connectivity index (χ3n) is 2.42. The molecule has 0 saturated carbocycles. The SMILES string of the molecule is NNC(CSc1ccccc1Br)Cc1nccs1. The number of nitrogens with two attached hydrogens (primary N) is 1. The Balaban J connectivity index is 1.89. The first kappa shape index (κ1) is 14.0. The number of nitrogens with zero attached hydrogens (tertiary/aromatic N) is 1. The lowest BCUT2D eigenvalue weighted by Gasteiger charge is -2.14. The molecule has 3 nitrogen and oxygen atoms in total. The van der Waals surface area contributed by atoms with E-state index in [9.17, 15) is 0 Å². The maximum Gasteiger partial charge on any atom is 0.0941 e. The summed E-state index contributed by atoms with van der Waals surface area (Å²) in [4.78, 5) is 5.51. The van der Waals surface area contributed by atoms with E-state index in [-0.39, 0.29) is 6.04 Å². The van der Waals surface area contributed by atoms with Gasteiger partial charge in [-0.25, -0.2) is 4.98 Å². The molecule has 1 atom stereocenters. The number of hydrogen-bond donors (Lipinski definition) is 2. The summed E-state index contributed by atoms with van der Waals surface area (Å²) >= 11 is 7.00. The van der Waals surface area contributed by atoms with Crippen molar-refractivity contribution in [3.63, 3.8) is 0 Å². The number of rotatable bonds is 6. The molecule has 0 aliphatic carbocycles. The van der Waals surface area contributed by atoms with E-state index in [0.29, 0.717) is 0 Å². The van der Waals surface area contributed by atoms with Crippen molar-refractivity contribution in [1.29, 1.82) is 0 Å². The van der Waals surface area contributed by atoms with Gasteiger partial charge in [0.25, 0.3) is 0 Å². The van der Waals surface area contributed by atoms with Crippen molar-refractivity contribution in [3.8, 4) is 0 Å². The van der Waals surface area contributed by atoms with Gasteiger partial charge in [-0.05, 0) is 28.1 Å². The molecular formula is C12H14BrN3S2. The monoisotopic (exact) mass is 343 g/mol. The van der Waals surface area contributed by atoms with Crippen LogP contribution in [0.1, 0.15) is 5.01 Å². The van der Waals surface area contributed by atoms with Gasteiger partial charge < -0.3 is 0 Å². The largest absolute Gasteiger partial charge is 0.271 e. The molecular weight excluding hydrogens is 330 g/mol. The van der Waals surface area contributed by atoms with E-state index < -0.39 is 0 Å². The minimum Gasteiger partial charge on any atom is -0.271 e. The molecule has 96 valence electrons. The molecule has 1 aromatic heterocycles. The van der Waals surface area contributed by atoms with E-state index in [0.717, 1.165) is 21.7 Å². The first-order valence-corrected chi connectivity index (χ1v) is 8.17. The van der Waals surface area contributed by atoms with Crippen LogP contribution in [0.25, 0.3) is 0 Å². The average Bonchev–Trinajstić information content (AvgIpc) is 2.89. The lowest BCUT2D eigenvalue weighted by atomic mass is 10.2. The normalized spacial score (nSPS) is 12.6. The highest BCUT2D eigenvalue weighted by Crippen LogP contribution is 2.27. The first-order valence-electron chi connectivity index (χ1n) is 5.51. The van der Waals surface area contributed by atoms with Gasteiger partial charge in [0, 0.05) is 39.2 Å². The zero-order valence-electron chi connectivity index (χ0n) is 9.67. The van der Waals surface area contributed by atoms with Crippen LogP contribution < -0.4 is 11.3 Å². The molecule has 0 spiro atoms. The van der Waals surface area contributed by atoms with Crippen molar-refractivity contribution in [2.75, 3.05) is 5.75 Å². The van der Waals surface area contributed by atoms with Gasteiger partial charge in [0.15, 0.2) is 0 Å². The van der Waals surface area contributed by atoms with Crippen molar-refractivity contribution < 1.29 is 0 Å². The van der Waals surface area contributed by atoms with Crippen molar-refractivity contribution in [3.05, 3.63) is 45.3 Å². The molecule has 1 aromatic carbocycles. The van der Waals surface area contributed by atoms with Crippen molar-refractivity contribution in [2.24, 2.45) is 5.84 Å². The summed E-state index contributed by atoms with van der Waals surface area (Å²) < 4.78 is 1.13. The second-order valence-electron chi connectivity index (χ2n) is 3.73. The summed E-state index contributed by atoms with van der Waals surface area (Å²) in [6, 6.07) is 8.44. The maximum absolute atomic E-state index is 5.59. The van der Waals surface area contributed by atoms with Gasteiger partial charge >= 0.3 is 0 Å². The van der Waals surface area contributed by atoms with Gasteiger partial charge in [0.05, 0.1) is 5.01 Å². The Morgan fingerprint density at radius 2 is 2.28 bits per heavy atom. The number of thioether (sulfide) groups is 1. The smallest absolute Gasteiger partial charge is 0.0941 e. The lowest BCUT2D eigenvalue weighted by Crippen LogP contribution is -2.38. The molecule has 18 heavy (non-hydrogen) atoms. The van der Waals surface area contributed by atoms with E-state index >= 15 is 0 Å². The number of halogens is 1. The molecule has 2 rings (SSSR count). The van der Waals surface area contributed by atoms with Gasteiger partial charge in [0.2, 0.25) is 0 Å². The van der Waals surface area contributed by atoms with Crippen LogP contribution in [0.2, 0.25) is 0 Å². The minimum absolute atomic E-state index is 0.230. The fourth-order valence-electron chi connectivity index (χ4n) is 1.48. The van der Waals surface area contributed by atoms with E-state index in [2.05, 4.69) is 32.4 Å². The molecule has 3 N–H and O–H groups in total. The van der Waals surface area contributed by atoms with Crippen LogP contribution in [-0.2, 0) is 6.42 Å². The minimum atomic E-state index is 0.230. The first-order chi connectivity index (χ1) is 8.79. The summed E-state index contributed by atoms with van der Waals surface area (Å²) in [5.41, 5.74) is 2.86. The summed E-state index contributed by atoms with van der Waals surface area (Å²) in [5.74, 6) is 6.51. The van der Waals surface area contributed by atoms with Gasteiger partial charge in [-0.3, -0.25) is 11.3 Å². The highest BCUT2D eigenvalue weighted by atomic mass is 79.9. The standard InChI is InChI=1S/C12H14BrN3S2/c13-10-3-1-2-4-11(10)18-8-9(16-14)7-12-15-5-6-17-12/h1-6,9,16H,7-8,14H2. The number of hydrogen-bond acceptors (Lipinski definition) is 5. The highest BCUT2D eigenvalue weighted by Gasteiger charge is 2.11. The molecule has 0 radical (unpaired) electrons. The van der Waals surface area contributed by atoms with Crippen LogP contribution in [0.5, 0.6) is 0 Å². The molecule has 0 amide bonds. The maximum atomic E-state index is 5.59. The molecule has 1 unspecified atom stereocenters. The third-order valence-corrected chi connectivity index (χ3v) is 5.41. The molecule has 0 aliphatic rings. The molecule has 2 aromatic rings. The molecule has 6 heteroatoms. The highest BCUT2D eigenvalue weighted by molar-refractivity contribution is 9.10. The van der Waals surface area contributed by atoms with Crippen LogP contribution in [-0.4, -0.2) is 16.8 Å². The zero-order chi connectivity index (χ0) is 12.8. The van der Waals surface area contributed by atoms with Gasteiger partial charge in [-0.2, -0.15) is 0 Å². The third kappa shape index (κ3) is 4.07. The predicted molar refractivity (Wildman–Crippen MR) is 81.8 cm³/mol. The molecule has 1 heterocycles. The Hall–Kier alpha value is -0.400. The van der Waals surface area contributed by atoms with E-state index in [1.54, 1.807) is 23.1 Å². The second-order valence-corrected chi connectivity index (χ2v) is 6.63. The zero-order valence-corrected chi connectivity index (χ0v) is 12.9. The molecule has 0 saturated heterocycles. The Bertz CT molecular complexity index is 476. The Kier molecular flexibility index (Phi) is 5.65. The second kappa shape index (κ2) is 7.25. The van der Waals surface area contributed by atoms with Crippen LogP contribution >= 0.6 is 39.0 Å². The summed E-state index contributed by atoms with van der Waals surface area (Å²) in [6.07, 6.45) is 2.69. The number of hydrazine groups is 1. The quantitative estimate of drug-likeness (QED) is 0.480. The van der Waals surface area contributed by atoms with Gasteiger partial charge in [0.1, 0.15) is 0 Å². The Labute approximate surface area is 123 Å². The van der Waals surface area contributed by atoms with E-state index in [1.807, 2.05) is 29.8 Å². The number of nitrogens with one attached hydrogen (secondary N) is 1. The topological polar surface area (TPSA) is 50.9 Å². The summed E-state index contributed by atoms with van der Waals surface area (Å²) in [5, 5.41) is 3.11.